The van der Waals surface area contributed by atoms with Crippen LogP contribution in [0.3, 0.4) is 0 Å². The Hall–Kier alpha value is -5.12. The molecule has 0 spiro atoms. The van der Waals surface area contributed by atoms with Crippen LogP contribution in [-0.2, 0) is 13.1 Å². The number of nitrogens with zero attached hydrogens (tertiary/aromatic N) is 12. The molecule has 20 heteroatoms. The van der Waals surface area contributed by atoms with Gasteiger partial charge in [-0.1, -0.05) is 88.9 Å². The fraction of sp³-hybridized carbons (Fsp3) is 0.0500. The molecule has 0 aliphatic carbocycles. The summed E-state index contributed by atoms with van der Waals surface area (Å²) in [6, 6.07) is 24.0. The standard InChI is InChI=1S/C40H22Cl4I2N14/c41-20-8-2-1-6-18(20)31-26(52-24-12-4-10-22(43)34(24)56-31)14-60-40-29(36(46)58-60)38(49-17-51-40)55-23-11-3-7-19(30(23)44)32-27(54-33-21(42)9-5-13-25(33)53-32)15-59-39-28(35(45)57-59)37(47)48-16-50-39/h1-13,16-17H,14-15H2,(H2,47,48,50)(H,49,51,55). The average Bonchev–Trinajstić information content (AvgIpc) is 3.74. The van der Waals surface area contributed by atoms with Crippen molar-refractivity contribution >= 4 is 153 Å². The minimum Gasteiger partial charge on any atom is -0.383 e. The number of anilines is 3. The number of nitrogens with two attached hydrogens (primary N) is 1. The molecule has 10 aromatic rings. The molecule has 0 amide bonds. The summed E-state index contributed by atoms with van der Waals surface area (Å²) in [5.41, 5.74) is 13.9. The maximum Gasteiger partial charge on any atom is 0.164 e. The molecular weight excluding hydrogens is 1070 g/mol. The molecule has 0 aliphatic heterocycles. The van der Waals surface area contributed by atoms with Crippen molar-refractivity contribution in [3.63, 3.8) is 0 Å². The third-order valence-electron chi connectivity index (χ3n) is 9.67. The molecule has 14 nitrogen and oxygen atoms in total. The van der Waals surface area contributed by atoms with E-state index in [9.17, 15) is 0 Å². The van der Waals surface area contributed by atoms with Crippen molar-refractivity contribution in [3.05, 3.63) is 130 Å². The Morgan fingerprint density at radius 1 is 0.567 bits per heavy atom. The zero-order valence-electron chi connectivity index (χ0n) is 30.3. The predicted octanol–water partition coefficient (Wildman–Crippen LogP) is 10.4. The summed E-state index contributed by atoms with van der Waals surface area (Å²) in [6.07, 6.45) is 2.88. The zero-order valence-corrected chi connectivity index (χ0v) is 37.6. The SMILES string of the molecule is Nc1ncnc2c1c(I)nn2Cc1nc2c(Cl)cccc2nc1-c1cccc(Nc2ncnc3c2c(I)nn3Cc2nc3cccc(Cl)c3nc2-c2ccccc2Cl)c1Cl. The van der Waals surface area contributed by atoms with Crippen LogP contribution in [0.2, 0.25) is 20.1 Å². The molecule has 10 rings (SSSR count). The number of rotatable bonds is 8. The van der Waals surface area contributed by atoms with E-state index in [1.54, 1.807) is 21.5 Å². The van der Waals surface area contributed by atoms with Crippen molar-refractivity contribution in [2.75, 3.05) is 11.1 Å². The van der Waals surface area contributed by atoms with E-state index in [1.807, 2.05) is 66.7 Å². The number of fused-ring (bicyclic) bond motifs is 4. The first-order chi connectivity index (χ1) is 29.1. The second kappa shape index (κ2) is 15.7. The van der Waals surface area contributed by atoms with Crippen LogP contribution >= 0.6 is 91.6 Å². The zero-order chi connectivity index (χ0) is 41.2. The molecule has 0 unspecified atom stereocenters. The van der Waals surface area contributed by atoms with Gasteiger partial charge in [0.05, 0.1) is 83.4 Å². The van der Waals surface area contributed by atoms with Gasteiger partial charge in [0.2, 0.25) is 0 Å². The quantitative estimate of drug-likeness (QED) is 0.138. The number of hydrogen-bond donors (Lipinski definition) is 2. The summed E-state index contributed by atoms with van der Waals surface area (Å²) in [5, 5.41) is 16.2. The highest BCUT2D eigenvalue weighted by Gasteiger charge is 2.23. The van der Waals surface area contributed by atoms with Crippen molar-refractivity contribution in [1.82, 2.24) is 59.4 Å². The van der Waals surface area contributed by atoms with E-state index >= 15 is 0 Å². The Balaban J connectivity index is 1.05. The summed E-state index contributed by atoms with van der Waals surface area (Å²) in [5.74, 6) is 0.822. The fourth-order valence-corrected chi connectivity index (χ4v) is 9.40. The summed E-state index contributed by atoms with van der Waals surface area (Å²) < 4.78 is 4.79. The molecule has 6 heterocycles. The second-order valence-electron chi connectivity index (χ2n) is 13.3. The number of hydrogen-bond acceptors (Lipinski definition) is 12. The van der Waals surface area contributed by atoms with Crippen LogP contribution in [0.25, 0.3) is 66.6 Å². The largest absolute Gasteiger partial charge is 0.383 e. The summed E-state index contributed by atoms with van der Waals surface area (Å²) >= 11 is 31.5. The highest BCUT2D eigenvalue weighted by molar-refractivity contribution is 14.1. The Kier molecular flexibility index (Phi) is 10.2. The summed E-state index contributed by atoms with van der Waals surface area (Å²) in [7, 11) is 0. The Morgan fingerprint density at radius 2 is 1.13 bits per heavy atom. The van der Waals surface area contributed by atoms with Gasteiger partial charge in [0.15, 0.2) is 11.3 Å². The van der Waals surface area contributed by atoms with Crippen LogP contribution < -0.4 is 11.1 Å². The van der Waals surface area contributed by atoms with Gasteiger partial charge in [-0.3, -0.25) is 0 Å². The third kappa shape index (κ3) is 6.88. The lowest BCUT2D eigenvalue weighted by molar-refractivity contribution is 0.684. The molecule has 4 aromatic carbocycles. The molecule has 0 aliphatic rings. The Morgan fingerprint density at radius 3 is 1.87 bits per heavy atom. The Labute approximate surface area is 386 Å². The third-order valence-corrected chi connectivity index (χ3v) is 12.5. The lowest BCUT2D eigenvalue weighted by atomic mass is 10.1. The molecule has 0 bridgehead atoms. The van der Waals surface area contributed by atoms with Gasteiger partial charge >= 0.3 is 0 Å². The van der Waals surface area contributed by atoms with Crippen molar-refractivity contribution in [2.45, 2.75) is 13.1 Å². The van der Waals surface area contributed by atoms with E-state index < -0.39 is 0 Å². The molecule has 0 saturated heterocycles. The highest BCUT2D eigenvalue weighted by atomic mass is 127. The van der Waals surface area contributed by atoms with Gasteiger partial charge in [0, 0.05) is 11.1 Å². The molecule has 3 N–H and O–H groups in total. The van der Waals surface area contributed by atoms with Crippen molar-refractivity contribution in [1.29, 1.82) is 0 Å². The fourth-order valence-electron chi connectivity index (χ4n) is 6.95. The smallest absolute Gasteiger partial charge is 0.164 e. The number of nitrogen functional groups attached to an aromatic ring is 1. The number of halogens is 6. The predicted molar refractivity (Wildman–Crippen MR) is 252 cm³/mol. The molecular formula is C40H22Cl4I2N14. The van der Waals surface area contributed by atoms with E-state index in [1.165, 1.54) is 12.7 Å². The summed E-state index contributed by atoms with van der Waals surface area (Å²) in [4.78, 5) is 37.9. The normalized spacial score (nSPS) is 11.7. The minimum atomic E-state index is 0.185. The molecule has 6 aromatic heterocycles. The van der Waals surface area contributed by atoms with E-state index in [2.05, 4.69) is 70.4 Å². The van der Waals surface area contributed by atoms with Gasteiger partial charge in [0.25, 0.3) is 0 Å². The van der Waals surface area contributed by atoms with E-state index in [4.69, 9.17) is 82.3 Å². The lowest BCUT2D eigenvalue weighted by Gasteiger charge is -2.15. The van der Waals surface area contributed by atoms with Crippen LogP contribution in [0.1, 0.15) is 11.4 Å². The van der Waals surface area contributed by atoms with Gasteiger partial charge in [-0.25, -0.2) is 49.2 Å². The molecule has 0 atom stereocenters. The van der Waals surface area contributed by atoms with Gasteiger partial charge in [0.1, 0.15) is 42.7 Å². The minimum absolute atomic E-state index is 0.185. The highest BCUT2D eigenvalue weighted by Crippen LogP contribution is 2.39. The van der Waals surface area contributed by atoms with Crippen LogP contribution in [0, 0.1) is 7.40 Å². The number of aromatic nitrogens is 12. The van der Waals surface area contributed by atoms with Crippen LogP contribution in [0.4, 0.5) is 17.3 Å². The molecule has 60 heavy (non-hydrogen) atoms. The van der Waals surface area contributed by atoms with Gasteiger partial charge in [-0.15, -0.1) is 0 Å². The van der Waals surface area contributed by atoms with Crippen LogP contribution in [0.15, 0.2) is 91.5 Å². The summed E-state index contributed by atoms with van der Waals surface area (Å²) in [6.45, 7) is 0.406. The van der Waals surface area contributed by atoms with Crippen molar-refractivity contribution < 1.29 is 0 Å². The van der Waals surface area contributed by atoms with E-state index in [-0.39, 0.29) is 13.1 Å². The maximum absolute atomic E-state index is 7.30. The molecule has 0 saturated carbocycles. The first-order valence-electron chi connectivity index (χ1n) is 17.8. The number of para-hydroxylation sites is 2. The van der Waals surface area contributed by atoms with Crippen molar-refractivity contribution in [2.24, 2.45) is 0 Å². The second-order valence-corrected chi connectivity index (χ2v) is 16.9. The maximum atomic E-state index is 7.30. The monoisotopic (exact) mass is 1090 g/mol. The Bertz CT molecular complexity index is 3380. The topological polar surface area (TPSA) is 177 Å². The van der Waals surface area contributed by atoms with E-state index in [0.717, 1.165) is 5.56 Å². The van der Waals surface area contributed by atoms with Gasteiger partial charge < -0.3 is 11.1 Å². The number of nitrogens with one attached hydrogen (secondary N) is 1. The molecule has 0 fully saturated rings. The van der Waals surface area contributed by atoms with Gasteiger partial charge in [-0.2, -0.15) is 10.2 Å². The van der Waals surface area contributed by atoms with Gasteiger partial charge in [-0.05, 0) is 81.6 Å². The van der Waals surface area contributed by atoms with Crippen molar-refractivity contribution in [3.8, 4) is 22.5 Å². The molecule has 294 valence electrons. The first kappa shape index (κ1) is 39.0. The lowest BCUT2D eigenvalue weighted by Crippen LogP contribution is -2.09. The first-order valence-corrected chi connectivity index (χ1v) is 21.5. The number of benzene rings is 4. The molecule has 0 radical (unpaired) electrons. The van der Waals surface area contributed by atoms with E-state index in [0.29, 0.717) is 117 Å². The average molecular weight is 1090 g/mol. The van der Waals surface area contributed by atoms with Crippen LogP contribution in [-0.4, -0.2) is 59.4 Å². The van der Waals surface area contributed by atoms with Crippen LogP contribution in [0.5, 0.6) is 0 Å².